The summed E-state index contributed by atoms with van der Waals surface area (Å²) in [5.41, 5.74) is 7.32. The van der Waals surface area contributed by atoms with Gasteiger partial charge in [-0.2, -0.15) is 0 Å². The molecule has 0 amide bonds. The van der Waals surface area contributed by atoms with Gasteiger partial charge in [0, 0.05) is 24.1 Å². The Bertz CT molecular complexity index is 2120. The number of aromatic hydroxyl groups is 2. The largest absolute Gasteiger partial charge is 0.507 e. The standard InChI is InChI=1S/C23H16O6.C20H23N/c24-20-16(14-7-3-1-5-12(14)9-18(20)22(26)27)11-17-15-8-4-2-6-13(15)10-19(21(17)25)23(28)29;1-21(2)15-7-12-20-18-10-5-3-8-16(18)13-14-17-9-4-6-11-19(17)20/h1-10,24-25H,11H2,(H,26,27)(H,28,29);3-6,8-12H,7,13-15H2,1-2H3. The van der Waals surface area contributed by atoms with E-state index in [1.807, 2.05) is 0 Å². The molecule has 0 heterocycles. The maximum Gasteiger partial charge on any atom is 0.339 e. The highest BCUT2D eigenvalue weighted by Crippen LogP contribution is 2.39. The molecule has 1 aliphatic carbocycles. The summed E-state index contributed by atoms with van der Waals surface area (Å²) in [5.74, 6) is -3.36. The minimum absolute atomic E-state index is 0.0407. The van der Waals surface area contributed by atoms with Gasteiger partial charge < -0.3 is 25.3 Å². The number of carboxylic acids is 2. The number of benzene rings is 6. The summed E-state index contributed by atoms with van der Waals surface area (Å²) in [7, 11) is 4.26. The predicted octanol–water partition coefficient (Wildman–Crippen LogP) is 8.56. The average Bonchev–Trinajstić information content (AvgIpc) is 3.27. The second-order valence-electron chi connectivity index (χ2n) is 12.8. The van der Waals surface area contributed by atoms with E-state index < -0.39 is 23.4 Å². The molecule has 7 nitrogen and oxygen atoms in total. The van der Waals surface area contributed by atoms with Gasteiger partial charge in [0.25, 0.3) is 0 Å². The Balaban J connectivity index is 0.000000182. The Kier molecular flexibility index (Phi) is 9.97. The molecule has 1 aliphatic rings. The summed E-state index contributed by atoms with van der Waals surface area (Å²) >= 11 is 0. The minimum Gasteiger partial charge on any atom is -0.507 e. The smallest absolute Gasteiger partial charge is 0.339 e. The molecule has 0 saturated carbocycles. The Morgan fingerprint density at radius 1 is 0.640 bits per heavy atom. The average molecular weight is 666 g/mol. The van der Waals surface area contributed by atoms with Gasteiger partial charge in [0.2, 0.25) is 0 Å². The van der Waals surface area contributed by atoms with Crippen molar-refractivity contribution in [3.05, 3.63) is 160 Å². The van der Waals surface area contributed by atoms with Crippen molar-refractivity contribution in [1.29, 1.82) is 0 Å². The molecule has 50 heavy (non-hydrogen) atoms. The Morgan fingerprint density at radius 2 is 1.06 bits per heavy atom. The molecule has 7 rings (SSSR count). The molecule has 0 bridgehead atoms. The van der Waals surface area contributed by atoms with E-state index in [1.54, 1.807) is 48.5 Å². The molecule has 0 fully saturated rings. The van der Waals surface area contributed by atoms with Crippen molar-refractivity contribution in [3.63, 3.8) is 0 Å². The maximum absolute atomic E-state index is 11.6. The SMILES string of the molecule is CN(C)CCC=C1c2ccccc2CCc2ccccc21.O=C(O)c1cc2ccccc2c(Cc2c(O)c(C(=O)O)cc3ccccc23)c1O. The van der Waals surface area contributed by atoms with Crippen LogP contribution < -0.4 is 0 Å². The third kappa shape index (κ3) is 6.95. The van der Waals surface area contributed by atoms with Gasteiger partial charge in [0.1, 0.15) is 22.6 Å². The third-order valence-electron chi connectivity index (χ3n) is 9.27. The molecule has 0 radical (unpaired) electrons. The summed E-state index contributed by atoms with van der Waals surface area (Å²) in [6, 6.07) is 34.5. The molecule has 0 aromatic heterocycles. The van der Waals surface area contributed by atoms with Gasteiger partial charge in [0.15, 0.2) is 0 Å². The van der Waals surface area contributed by atoms with Crippen LogP contribution in [0.4, 0.5) is 0 Å². The zero-order valence-electron chi connectivity index (χ0n) is 28.1. The lowest BCUT2D eigenvalue weighted by atomic mass is 9.90. The lowest BCUT2D eigenvalue weighted by Crippen LogP contribution is -2.12. The van der Waals surface area contributed by atoms with Gasteiger partial charge in [-0.25, -0.2) is 9.59 Å². The van der Waals surface area contributed by atoms with E-state index in [-0.39, 0.29) is 17.5 Å². The van der Waals surface area contributed by atoms with Crippen LogP contribution in [-0.4, -0.2) is 57.9 Å². The maximum atomic E-state index is 11.6. The van der Waals surface area contributed by atoms with E-state index in [1.165, 1.54) is 40.0 Å². The Morgan fingerprint density at radius 3 is 1.50 bits per heavy atom. The van der Waals surface area contributed by atoms with Crippen LogP contribution in [0.25, 0.3) is 27.1 Å². The monoisotopic (exact) mass is 665 g/mol. The first-order chi connectivity index (χ1) is 24.1. The molecular formula is C43H39NO6. The Hall–Kier alpha value is -5.92. The van der Waals surface area contributed by atoms with Gasteiger partial charge in [-0.15, -0.1) is 0 Å². The van der Waals surface area contributed by atoms with Gasteiger partial charge in [-0.05, 0) is 94.9 Å². The summed E-state index contributed by atoms with van der Waals surface area (Å²) in [5, 5.41) is 42.8. The summed E-state index contributed by atoms with van der Waals surface area (Å²) in [4.78, 5) is 25.5. The van der Waals surface area contributed by atoms with Crippen LogP contribution >= 0.6 is 0 Å². The molecule has 0 saturated heterocycles. The van der Waals surface area contributed by atoms with Crippen LogP contribution in [0.3, 0.4) is 0 Å². The summed E-state index contributed by atoms with van der Waals surface area (Å²) < 4.78 is 0. The molecular weight excluding hydrogens is 626 g/mol. The molecule has 6 aromatic carbocycles. The number of hydrogen-bond donors (Lipinski definition) is 4. The van der Waals surface area contributed by atoms with Crippen molar-refractivity contribution < 1.29 is 30.0 Å². The van der Waals surface area contributed by atoms with Crippen molar-refractivity contribution in [2.45, 2.75) is 25.7 Å². The van der Waals surface area contributed by atoms with Crippen LogP contribution in [0.15, 0.2) is 115 Å². The molecule has 7 heteroatoms. The van der Waals surface area contributed by atoms with E-state index in [4.69, 9.17) is 0 Å². The first-order valence-corrected chi connectivity index (χ1v) is 16.6. The molecule has 252 valence electrons. The molecule has 6 aromatic rings. The molecule has 0 aliphatic heterocycles. The molecule has 4 N–H and O–H groups in total. The topological polar surface area (TPSA) is 118 Å². The quantitative estimate of drug-likeness (QED) is 0.135. The normalized spacial score (nSPS) is 12.1. The van der Waals surface area contributed by atoms with E-state index in [9.17, 15) is 30.0 Å². The van der Waals surface area contributed by atoms with Gasteiger partial charge in [-0.1, -0.05) is 103 Å². The van der Waals surface area contributed by atoms with E-state index >= 15 is 0 Å². The van der Waals surface area contributed by atoms with E-state index in [0.717, 1.165) is 25.8 Å². The van der Waals surface area contributed by atoms with Gasteiger partial charge >= 0.3 is 11.9 Å². The number of rotatable bonds is 7. The van der Waals surface area contributed by atoms with Crippen LogP contribution in [0.1, 0.15) is 60.5 Å². The van der Waals surface area contributed by atoms with E-state index in [2.05, 4.69) is 73.6 Å². The fourth-order valence-corrected chi connectivity index (χ4v) is 6.79. The number of aromatic carboxylic acids is 2. The first kappa shape index (κ1) is 34.0. The summed E-state index contributed by atoms with van der Waals surface area (Å²) in [6.07, 6.45) is 5.74. The summed E-state index contributed by atoms with van der Waals surface area (Å²) in [6.45, 7) is 1.09. The van der Waals surface area contributed by atoms with Gasteiger partial charge in [-0.3, -0.25) is 0 Å². The molecule has 0 atom stereocenters. The second-order valence-corrected chi connectivity index (χ2v) is 12.8. The van der Waals surface area contributed by atoms with Crippen molar-refractivity contribution in [2.24, 2.45) is 0 Å². The number of phenols is 2. The Labute approximate surface area is 291 Å². The number of fused-ring (bicyclic) bond motifs is 4. The van der Waals surface area contributed by atoms with Crippen molar-refractivity contribution in [2.75, 3.05) is 20.6 Å². The number of nitrogens with zero attached hydrogens (tertiary/aromatic N) is 1. The number of hydrogen-bond acceptors (Lipinski definition) is 5. The van der Waals surface area contributed by atoms with Crippen molar-refractivity contribution in [1.82, 2.24) is 4.90 Å². The zero-order valence-corrected chi connectivity index (χ0v) is 28.1. The first-order valence-electron chi connectivity index (χ1n) is 16.6. The minimum atomic E-state index is -1.28. The third-order valence-corrected chi connectivity index (χ3v) is 9.27. The number of carboxylic acid groups (broad SMARTS) is 2. The fraction of sp³-hybridized carbons (Fsp3) is 0.163. The molecule has 0 spiro atoms. The predicted molar refractivity (Wildman–Crippen MR) is 198 cm³/mol. The van der Waals surface area contributed by atoms with Crippen LogP contribution in [0.5, 0.6) is 11.5 Å². The van der Waals surface area contributed by atoms with Gasteiger partial charge in [0.05, 0.1) is 0 Å². The fourth-order valence-electron chi connectivity index (χ4n) is 6.79. The number of carbonyl (C=O) groups is 2. The van der Waals surface area contributed by atoms with Crippen molar-refractivity contribution >= 4 is 39.1 Å². The van der Waals surface area contributed by atoms with Crippen molar-refractivity contribution in [3.8, 4) is 11.5 Å². The van der Waals surface area contributed by atoms with Crippen LogP contribution in [-0.2, 0) is 19.3 Å². The lowest BCUT2D eigenvalue weighted by Gasteiger charge is -2.16. The number of aryl methyl sites for hydroxylation is 2. The molecule has 0 unspecified atom stereocenters. The van der Waals surface area contributed by atoms with Crippen LogP contribution in [0.2, 0.25) is 0 Å². The highest BCUT2D eigenvalue weighted by atomic mass is 16.4. The van der Waals surface area contributed by atoms with E-state index in [0.29, 0.717) is 32.7 Å². The lowest BCUT2D eigenvalue weighted by molar-refractivity contribution is 0.0682. The highest BCUT2D eigenvalue weighted by molar-refractivity contribution is 6.02. The second kappa shape index (κ2) is 14.7. The zero-order chi connectivity index (χ0) is 35.4. The van der Waals surface area contributed by atoms with Crippen LogP contribution in [0, 0.1) is 0 Å². The highest BCUT2D eigenvalue weighted by Gasteiger charge is 2.23.